The van der Waals surface area contributed by atoms with E-state index in [1.807, 2.05) is 11.9 Å². The Balaban J connectivity index is 1.81. The number of hydrogen-bond acceptors (Lipinski definition) is 2. The van der Waals surface area contributed by atoms with E-state index >= 15 is 0 Å². The summed E-state index contributed by atoms with van der Waals surface area (Å²) in [4.78, 5) is 0. The number of anilines is 2. The molecule has 0 fully saturated rings. The van der Waals surface area contributed by atoms with Gasteiger partial charge in [0.05, 0.1) is 11.4 Å². The fourth-order valence-electron chi connectivity index (χ4n) is 3.78. The standard InChI is InChI=1S/C28H39NS/c1-4-7-10-16-25(5-2)17-15-18-26(6-3)23-24-30-29(27-19-11-8-12-20-27)28-21-13-9-14-22-28/h5-6,8-9,11-14,19-22,25-26H,2-4,7,10,15-18,23-24H2,1H3. The summed E-state index contributed by atoms with van der Waals surface area (Å²) >= 11 is 1.90. The molecule has 2 unspecified atom stereocenters. The van der Waals surface area contributed by atoms with Crippen molar-refractivity contribution in [3.05, 3.63) is 86.0 Å². The third kappa shape index (κ3) is 8.83. The predicted molar refractivity (Wildman–Crippen MR) is 137 cm³/mol. The summed E-state index contributed by atoms with van der Waals surface area (Å²) in [5, 5.41) is 0. The van der Waals surface area contributed by atoms with Crippen molar-refractivity contribution in [3.8, 4) is 0 Å². The first-order valence-electron chi connectivity index (χ1n) is 11.6. The summed E-state index contributed by atoms with van der Waals surface area (Å²) in [5.41, 5.74) is 2.45. The largest absolute Gasteiger partial charge is 0.285 e. The summed E-state index contributed by atoms with van der Waals surface area (Å²) in [6.07, 6.45) is 14.5. The number of rotatable bonds is 16. The molecule has 0 aliphatic rings. The molecule has 0 aliphatic carbocycles. The van der Waals surface area contributed by atoms with Crippen LogP contribution in [0.4, 0.5) is 11.4 Å². The van der Waals surface area contributed by atoms with Crippen molar-refractivity contribution in [2.75, 3.05) is 10.1 Å². The molecule has 0 N–H and O–H groups in total. The van der Waals surface area contributed by atoms with E-state index in [1.54, 1.807) is 0 Å². The zero-order valence-corrected chi connectivity index (χ0v) is 19.5. The number of hydrogen-bond donors (Lipinski definition) is 0. The van der Waals surface area contributed by atoms with E-state index in [0.717, 1.165) is 5.75 Å². The highest BCUT2D eigenvalue weighted by molar-refractivity contribution is 8.00. The Morgan fingerprint density at radius 1 is 0.733 bits per heavy atom. The number of allylic oxidation sites excluding steroid dienone is 2. The molecule has 2 aromatic carbocycles. The van der Waals surface area contributed by atoms with Crippen LogP contribution in [0.25, 0.3) is 0 Å². The highest BCUT2D eigenvalue weighted by Crippen LogP contribution is 2.33. The van der Waals surface area contributed by atoms with Gasteiger partial charge in [0.1, 0.15) is 0 Å². The van der Waals surface area contributed by atoms with Gasteiger partial charge in [-0.15, -0.1) is 13.2 Å². The first-order valence-corrected chi connectivity index (χ1v) is 12.5. The zero-order valence-electron chi connectivity index (χ0n) is 18.7. The smallest absolute Gasteiger partial charge is 0.0525 e. The van der Waals surface area contributed by atoms with Crippen LogP contribution in [0.3, 0.4) is 0 Å². The second-order valence-corrected chi connectivity index (χ2v) is 9.04. The van der Waals surface area contributed by atoms with Crippen LogP contribution < -0.4 is 4.31 Å². The molecule has 0 saturated carbocycles. The van der Waals surface area contributed by atoms with E-state index in [9.17, 15) is 0 Å². The lowest BCUT2D eigenvalue weighted by Gasteiger charge is -2.24. The first kappa shape index (κ1) is 24.3. The molecule has 0 heterocycles. The van der Waals surface area contributed by atoms with Crippen LogP contribution in [0.1, 0.15) is 58.3 Å². The molecule has 2 aromatic rings. The Bertz CT molecular complexity index is 658. The van der Waals surface area contributed by atoms with Crippen LogP contribution >= 0.6 is 11.9 Å². The fraction of sp³-hybridized carbons (Fsp3) is 0.429. The monoisotopic (exact) mass is 421 g/mol. The van der Waals surface area contributed by atoms with E-state index in [4.69, 9.17) is 0 Å². The highest BCUT2D eigenvalue weighted by Gasteiger charge is 2.12. The maximum Gasteiger partial charge on any atom is 0.0525 e. The molecule has 30 heavy (non-hydrogen) atoms. The van der Waals surface area contributed by atoms with Gasteiger partial charge >= 0.3 is 0 Å². The molecule has 162 valence electrons. The second kappa shape index (κ2) is 15.0. The van der Waals surface area contributed by atoms with E-state index in [-0.39, 0.29) is 0 Å². The molecule has 0 amide bonds. The minimum atomic E-state index is 0.590. The topological polar surface area (TPSA) is 3.24 Å². The minimum Gasteiger partial charge on any atom is -0.285 e. The van der Waals surface area contributed by atoms with Gasteiger partial charge in [0.25, 0.3) is 0 Å². The van der Waals surface area contributed by atoms with E-state index in [0.29, 0.717) is 11.8 Å². The molecular weight excluding hydrogens is 382 g/mol. The lowest BCUT2D eigenvalue weighted by Crippen LogP contribution is -2.09. The Labute approximate surface area is 189 Å². The van der Waals surface area contributed by atoms with Crippen molar-refractivity contribution in [2.24, 2.45) is 11.8 Å². The zero-order chi connectivity index (χ0) is 21.4. The van der Waals surface area contributed by atoms with Gasteiger partial charge in [-0.2, -0.15) is 0 Å². The van der Waals surface area contributed by atoms with Crippen LogP contribution in [0.15, 0.2) is 86.0 Å². The molecular formula is C28H39NS. The van der Waals surface area contributed by atoms with E-state index in [2.05, 4.69) is 97.2 Å². The normalized spacial score (nSPS) is 12.8. The average molecular weight is 422 g/mol. The van der Waals surface area contributed by atoms with Gasteiger partial charge in [0.15, 0.2) is 0 Å². The van der Waals surface area contributed by atoms with Crippen LogP contribution in [0.2, 0.25) is 0 Å². The van der Waals surface area contributed by atoms with Crippen molar-refractivity contribution >= 4 is 23.3 Å². The van der Waals surface area contributed by atoms with Gasteiger partial charge in [-0.05, 0) is 73.7 Å². The number of para-hydroxylation sites is 2. The second-order valence-electron chi connectivity index (χ2n) is 8.01. The average Bonchev–Trinajstić information content (AvgIpc) is 2.80. The molecule has 2 heteroatoms. The van der Waals surface area contributed by atoms with Crippen LogP contribution in [0, 0.1) is 11.8 Å². The minimum absolute atomic E-state index is 0.590. The third-order valence-corrected chi connectivity index (χ3v) is 6.78. The van der Waals surface area contributed by atoms with Crippen molar-refractivity contribution in [3.63, 3.8) is 0 Å². The highest BCUT2D eigenvalue weighted by atomic mass is 32.2. The fourth-order valence-corrected chi connectivity index (χ4v) is 4.91. The Morgan fingerprint density at radius 3 is 1.73 bits per heavy atom. The van der Waals surface area contributed by atoms with Gasteiger partial charge in [-0.3, -0.25) is 4.31 Å². The Morgan fingerprint density at radius 2 is 1.23 bits per heavy atom. The van der Waals surface area contributed by atoms with E-state index < -0.39 is 0 Å². The SMILES string of the molecule is C=CC(CCCCC)CCCC(C=C)CCSN(c1ccccc1)c1ccccc1. The molecule has 0 radical (unpaired) electrons. The summed E-state index contributed by atoms with van der Waals surface area (Å²) in [5.74, 6) is 2.36. The lowest BCUT2D eigenvalue weighted by molar-refractivity contribution is 0.453. The molecule has 1 nitrogen and oxygen atoms in total. The Kier molecular flexibility index (Phi) is 12.1. The quantitative estimate of drug-likeness (QED) is 0.151. The number of benzene rings is 2. The summed E-state index contributed by atoms with van der Waals surface area (Å²) < 4.78 is 2.35. The molecule has 0 aliphatic heterocycles. The van der Waals surface area contributed by atoms with Gasteiger partial charge < -0.3 is 0 Å². The van der Waals surface area contributed by atoms with Crippen molar-refractivity contribution < 1.29 is 0 Å². The molecule has 0 spiro atoms. The predicted octanol–water partition coefficient (Wildman–Crippen LogP) is 9.22. The van der Waals surface area contributed by atoms with Gasteiger partial charge in [0, 0.05) is 5.75 Å². The first-order chi connectivity index (χ1) is 14.8. The van der Waals surface area contributed by atoms with Crippen molar-refractivity contribution in [2.45, 2.75) is 58.3 Å². The summed E-state index contributed by atoms with van der Waals surface area (Å²) in [7, 11) is 0. The molecule has 2 rings (SSSR count). The van der Waals surface area contributed by atoms with Gasteiger partial charge in [-0.1, -0.05) is 81.2 Å². The van der Waals surface area contributed by atoms with E-state index in [1.165, 1.54) is 62.7 Å². The number of nitrogens with zero attached hydrogens (tertiary/aromatic N) is 1. The molecule has 0 aromatic heterocycles. The van der Waals surface area contributed by atoms with Crippen LogP contribution in [-0.4, -0.2) is 5.75 Å². The number of unbranched alkanes of at least 4 members (excludes halogenated alkanes) is 2. The van der Waals surface area contributed by atoms with Gasteiger partial charge in [-0.25, -0.2) is 0 Å². The maximum atomic E-state index is 4.11. The Hall–Kier alpha value is -1.93. The van der Waals surface area contributed by atoms with Crippen molar-refractivity contribution in [1.82, 2.24) is 0 Å². The maximum absolute atomic E-state index is 4.11. The summed E-state index contributed by atoms with van der Waals surface area (Å²) in [6, 6.07) is 21.3. The molecule has 0 saturated heterocycles. The van der Waals surface area contributed by atoms with Crippen LogP contribution in [0.5, 0.6) is 0 Å². The third-order valence-electron chi connectivity index (χ3n) is 5.69. The van der Waals surface area contributed by atoms with Crippen LogP contribution in [-0.2, 0) is 0 Å². The summed E-state index contributed by atoms with van der Waals surface area (Å²) in [6.45, 7) is 10.4. The molecule has 2 atom stereocenters. The van der Waals surface area contributed by atoms with Crippen molar-refractivity contribution in [1.29, 1.82) is 0 Å². The molecule has 0 bridgehead atoms. The van der Waals surface area contributed by atoms with Gasteiger partial charge in [0.2, 0.25) is 0 Å². The lowest BCUT2D eigenvalue weighted by atomic mass is 9.92.